The highest BCUT2D eigenvalue weighted by Crippen LogP contribution is 2.41. The molecule has 2 rings (SSSR count). The third kappa shape index (κ3) is 12.8. The Hall–Kier alpha value is -3.64. The summed E-state index contributed by atoms with van der Waals surface area (Å²) in [5.74, 6) is -2.51. The van der Waals surface area contributed by atoms with Crippen LogP contribution in [0.3, 0.4) is 0 Å². The van der Waals surface area contributed by atoms with Gasteiger partial charge in [-0.3, -0.25) is 19.2 Å². The quantitative estimate of drug-likeness (QED) is 0.108. The van der Waals surface area contributed by atoms with Crippen molar-refractivity contribution in [1.29, 1.82) is 0 Å². The molecule has 0 bridgehead atoms. The number of hydrogen-bond acceptors (Lipinski definition) is 7. The summed E-state index contributed by atoms with van der Waals surface area (Å²) in [6.07, 6.45) is 7.41. The van der Waals surface area contributed by atoms with Crippen molar-refractivity contribution in [3.8, 4) is 0 Å². The molecule has 2 fully saturated rings. The molecule has 2 aliphatic rings. The van der Waals surface area contributed by atoms with Gasteiger partial charge in [0.05, 0.1) is 12.1 Å². The van der Waals surface area contributed by atoms with Crippen molar-refractivity contribution in [2.75, 3.05) is 19.7 Å². The third-order valence-corrected chi connectivity index (χ3v) is 10.3. The Labute approximate surface area is 305 Å². The molecule has 1 saturated carbocycles. The van der Waals surface area contributed by atoms with Crippen molar-refractivity contribution < 1.29 is 33.5 Å². The Morgan fingerprint density at radius 3 is 2.16 bits per heavy atom. The van der Waals surface area contributed by atoms with Gasteiger partial charge in [0.1, 0.15) is 18.7 Å². The maximum absolute atomic E-state index is 14.8. The molecular weight excluding hydrogens is 652 g/mol. The van der Waals surface area contributed by atoms with E-state index in [2.05, 4.69) is 33.2 Å². The van der Waals surface area contributed by atoms with E-state index in [-0.39, 0.29) is 43.4 Å². The Bertz CT molecular complexity index is 1220. The molecule has 6 amide bonds. The molecule has 13 nitrogen and oxygen atoms in total. The van der Waals surface area contributed by atoms with Crippen LogP contribution in [0.5, 0.6) is 0 Å². The molecule has 1 aliphatic heterocycles. The molecule has 290 valence electrons. The molecule has 5 N–H and O–H groups in total. The summed E-state index contributed by atoms with van der Waals surface area (Å²) < 4.78 is 5.43. The second-order valence-electron chi connectivity index (χ2n) is 16.3. The van der Waals surface area contributed by atoms with E-state index in [0.29, 0.717) is 19.4 Å². The van der Waals surface area contributed by atoms with E-state index in [4.69, 9.17) is 4.74 Å². The normalized spacial score (nSPS) is 20.5. The zero-order valence-electron chi connectivity index (χ0n) is 32.6. The zero-order chi connectivity index (χ0) is 38.5. The highest BCUT2D eigenvalue weighted by molar-refractivity contribution is 6.38. The first kappa shape index (κ1) is 43.5. The van der Waals surface area contributed by atoms with Crippen LogP contribution in [-0.2, 0) is 23.9 Å². The molecule has 13 heteroatoms. The second-order valence-corrected chi connectivity index (χ2v) is 16.3. The van der Waals surface area contributed by atoms with E-state index < -0.39 is 64.7 Å². The lowest BCUT2D eigenvalue weighted by molar-refractivity contribution is -0.145. The van der Waals surface area contributed by atoms with Gasteiger partial charge in [-0.05, 0) is 62.2 Å². The fourth-order valence-electron chi connectivity index (χ4n) is 7.07. The van der Waals surface area contributed by atoms with Gasteiger partial charge in [-0.15, -0.1) is 6.58 Å². The van der Waals surface area contributed by atoms with Crippen molar-refractivity contribution in [2.45, 2.75) is 150 Å². The molecule has 0 spiro atoms. The lowest BCUT2D eigenvalue weighted by Crippen LogP contribution is -2.63. The molecule has 1 aliphatic carbocycles. The molecule has 1 saturated heterocycles. The first-order chi connectivity index (χ1) is 23.9. The van der Waals surface area contributed by atoms with Gasteiger partial charge in [0, 0.05) is 19.1 Å². The number of ether oxygens (including phenoxy) is 1. The maximum Gasteiger partial charge on any atom is 0.407 e. The van der Waals surface area contributed by atoms with Crippen molar-refractivity contribution in [3.05, 3.63) is 12.7 Å². The number of ketones is 1. The van der Waals surface area contributed by atoms with E-state index in [1.165, 1.54) is 6.08 Å². The number of likely N-dealkylation sites (tertiary alicyclic amines) is 1. The Morgan fingerprint density at radius 2 is 1.61 bits per heavy atom. The van der Waals surface area contributed by atoms with Crippen LogP contribution >= 0.6 is 0 Å². The number of alkyl carbamates (subject to hydrolysis) is 1. The Morgan fingerprint density at radius 1 is 0.961 bits per heavy atom. The van der Waals surface area contributed by atoms with Gasteiger partial charge < -0.3 is 36.2 Å². The minimum atomic E-state index is -1.04. The molecule has 1 unspecified atom stereocenters. The SMILES string of the molecule is C=CCNC(=O)C(=O)C(CCCC)NC(=O)[C@@H]1[C@@H](C(C)C)CCN1C(=O)[C@@H](NC(=O)N[C@H](COC(=O)NC(C)C)C(C)(C)C)C1(C)CCCCC1. The van der Waals surface area contributed by atoms with Gasteiger partial charge >= 0.3 is 12.1 Å². The number of rotatable bonds is 17. The van der Waals surface area contributed by atoms with Crippen LogP contribution in [0.4, 0.5) is 9.59 Å². The Balaban J connectivity index is 2.41. The average Bonchev–Trinajstić information content (AvgIpc) is 3.51. The standard InChI is InChI=1S/C38H66N6O7/c1-11-13-17-27(30(45)33(47)39-21-12-2)41-32(46)29-26(24(3)4)18-22-44(29)34(48)31(38(10)19-15-14-16-20-38)43-35(49)42-28(37(7,8)9)23-51-36(50)40-25(5)6/h12,24-29,31H,2,11,13-23H2,1,3-10H3,(H,39,47)(H,40,50)(H,41,46)(H2,42,43,49)/t26-,27?,28-,29+,31-/m1/s1. The number of hydrogen-bond donors (Lipinski definition) is 5. The number of urea groups is 1. The van der Waals surface area contributed by atoms with E-state index >= 15 is 0 Å². The third-order valence-electron chi connectivity index (χ3n) is 10.3. The van der Waals surface area contributed by atoms with Crippen molar-refractivity contribution in [1.82, 2.24) is 31.5 Å². The van der Waals surface area contributed by atoms with Crippen LogP contribution in [0.25, 0.3) is 0 Å². The lowest BCUT2D eigenvalue weighted by Gasteiger charge is -2.43. The number of nitrogens with one attached hydrogen (secondary N) is 5. The fraction of sp³-hybridized carbons (Fsp3) is 0.789. The smallest absolute Gasteiger partial charge is 0.407 e. The van der Waals surface area contributed by atoms with E-state index in [1.54, 1.807) is 4.90 Å². The lowest BCUT2D eigenvalue weighted by atomic mass is 9.70. The number of nitrogens with zero attached hydrogens (tertiary/aromatic N) is 1. The number of amides is 6. The summed E-state index contributed by atoms with van der Waals surface area (Å²) >= 11 is 0. The summed E-state index contributed by atoms with van der Waals surface area (Å²) in [5.41, 5.74) is -1.06. The van der Waals surface area contributed by atoms with E-state index in [0.717, 1.165) is 38.5 Å². The van der Waals surface area contributed by atoms with Crippen LogP contribution in [0, 0.1) is 22.7 Å². The van der Waals surface area contributed by atoms with Crippen molar-refractivity contribution in [2.24, 2.45) is 22.7 Å². The predicted molar refractivity (Wildman–Crippen MR) is 198 cm³/mol. The summed E-state index contributed by atoms with van der Waals surface area (Å²) in [4.78, 5) is 82.3. The fourth-order valence-corrected chi connectivity index (χ4v) is 7.07. The molecule has 0 aromatic rings. The molecular formula is C38H66N6O7. The van der Waals surface area contributed by atoms with Gasteiger partial charge in [0.25, 0.3) is 5.91 Å². The first-order valence-corrected chi connectivity index (χ1v) is 18.9. The molecule has 1 heterocycles. The van der Waals surface area contributed by atoms with E-state index in [9.17, 15) is 28.8 Å². The summed E-state index contributed by atoms with van der Waals surface area (Å²) in [6, 6.07) is -4.11. The largest absolute Gasteiger partial charge is 0.447 e. The molecule has 5 atom stereocenters. The average molecular weight is 719 g/mol. The second kappa shape index (κ2) is 19.8. The molecule has 51 heavy (non-hydrogen) atoms. The first-order valence-electron chi connectivity index (χ1n) is 18.9. The van der Waals surface area contributed by atoms with Crippen molar-refractivity contribution in [3.63, 3.8) is 0 Å². The highest BCUT2D eigenvalue weighted by atomic mass is 16.5. The number of Topliss-reactive ketones (excluding diaryl/α,β-unsaturated/α-hetero) is 1. The zero-order valence-corrected chi connectivity index (χ0v) is 32.6. The minimum absolute atomic E-state index is 0.0413. The number of carbonyl (C=O) groups is 6. The number of unbranched alkanes of at least 4 members (excludes halogenated alkanes) is 1. The maximum atomic E-state index is 14.8. The molecule has 0 aromatic carbocycles. The van der Waals surface area contributed by atoms with Crippen LogP contribution in [0.1, 0.15) is 120 Å². The number of carbonyl (C=O) groups excluding carboxylic acids is 6. The van der Waals surface area contributed by atoms with Gasteiger partial charge in [0.2, 0.25) is 17.6 Å². The van der Waals surface area contributed by atoms with Gasteiger partial charge in [0.15, 0.2) is 0 Å². The highest BCUT2D eigenvalue weighted by Gasteiger charge is 2.50. The van der Waals surface area contributed by atoms with E-state index in [1.807, 2.05) is 62.3 Å². The summed E-state index contributed by atoms with van der Waals surface area (Å²) in [6.45, 7) is 21.3. The van der Waals surface area contributed by atoms with Crippen LogP contribution in [-0.4, -0.2) is 90.4 Å². The molecule has 0 aromatic heterocycles. The van der Waals surface area contributed by atoms with Crippen LogP contribution < -0.4 is 26.6 Å². The topological polar surface area (TPSA) is 175 Å². The Kier molecular flexibility index (Phi) is 16.9. The monoisotopic (exact) mass is 718 g/mol. The van der Waals surface area contributed by atoms with Gasteiger partial charge in [-0.2, -0.15) is 0 Å². The van der Waals surface area contributed by atoms with Crippen LogP contribution in [0.2, 0.25) is 0 Å². The van der Waals surface area contributed by atoms with Gasteiger partial charge in [-0.25, -0.2) is 9.59 Å². The van der Waals surface area contributed by atoms with Gasteiger partial charge in [-0.1, -0.05) is 86.6 Å². The summed E-state index contributed by atoms with van der Waals surface area (Å²) in [7, 11) is 0. The van der Waals surface area contributed by atoms with Crippen LogP contribution in [0.15, 0.2) is 12.7 Å². The molecule has 0 radical (unpaired) electrons. The summed E-state index contributed by atoms with van der Waals surface area (Å²) in [5, 5.41) is 14.0. The predicted octanol–water partition coefficient (Wildman–Crippen LogP) is 4.59. The minimum Gasteiger partial charge on any atom is -0.447 e. The van der Waals surface area contributed by atoms with Crippen molar-refractivity contribution >= 4 is 35.6 Å².